The van der Waals surface area contributed by atoms with Crippen LogP contribution < -0.4 is 4.74 Å². The molecule has 27 heavy (non-hydrogen) atoms. The second-order valence-electron chi connectivity index (χ2n) is 7.42. The van der Waals surface area contributed by atoms with E-state index in [9.17, 15) is 4.79 Å². The number of hydrogen-bond acceptors (Lipinski definition) is 5. The normalized spacial score (nSPS) is 20.4. The highest BCUT2D eigenvalue weighted by molar-refractivity contribution is 5.78. The number of likely N-dealkylation sites (tertiary alicyclic amines) is 1. The summed E-state index contributed by atoms with van der Waals surface area (Å²) in [4.78, 5) is 17.1. The first-order chi connectivity index (χ1) is 13.2. The quantitative estimate of drug-likeness (QED) is 0.821. The van der Waals surface area contributed by atoms with Crippen molar-refractivity contribution in [3.8, 4) is 5.75 Å². The molecule has 1 aromatic heterocycles. The number of hydrogen-bond donors (Lipinski definition) is 0. The Bertz CT molecular complexity index is 801. The number of amides is 1. The third kappa shape index (κ3) is 3.69. The van der Waals surface area contributed by atoms with Crippen LogP contribution in [0.25, 0.3) is 0 Å². The molecule has 7 nitrogen and oxygen atoms in total. The molecule has 0 bridgehead atoms. The molecule has 0 spiro atoms. The second kappa shape index (κ2) is 7.68. The minimum Gasteiger partial charge on any atom is -0.497 e. The predicted octanol–water partition coefficient (Wildman–Crippen LogP) is 1.68. The van der Waals surface area contributed by atoms with Crippen molar-refractivity contribution in [3.63, 3.8) is 0 Å². The lowest BCUT2D eigenvalue weighted by atomic mass is 10.1. The van der Waals surface area contributed by atoms with Crippen LogP contribution in [0.2, 0.25) is 0 Å². The van der Waals surface area contributed by atoms with Crippen molar-refractivity contribution < 1.29 is 9.53 Å². The number of rotatable bonds is 4. The number of aromatic nitrogens is 3. The number of carbonyl (C=O) groups is 1. The summed E-state index contributed by atoms with van der Waals surface area (Å²) >= 11 is 0. The van der Waals surface area contributed by atoms with Gasteiger partial charge in [-0.15, -0.1) is 10.2 Å². The number of methoxy groups -OCH3 is 1. The third-order valence-corrected chi connectivity index (χ3v) is 5.74. The Balaban J connectivity index is 1.42. The minimum atomic E-state index is 0.165. The van der Waals surface area contributed by atoms with E-state index in [2.05, 4.69) is 26.7 Å². The second-order valence-corrected chi connectivity index (χ2v) is 7.42. The first-order valence-electron chi connectivity index (χ1n) is 9.68. The highest BCUT2D eigenvalue weighted by atomic mass is 16.5. The summed E-state index contributed by atoms with van der Waals surface area (Å²) in [6, 6.07) is 8.07. The number of nitrogens with zero attached hydrogens (tertiary/aromatic N) is 5. The fourth-order valence-corrected chi connectivity index (χ4v) is 4.11. The van der Waals surface area contributed by atoms with Gasteiger partial charge in [0.2, 0.25) is 5.91 Å². The SMILES string of the molecule is COc1ccc(CC(=O)N2CCc3nnc([C@H]4CCCN4C)n3CC2)cc1. The molecule has 1 atom stereocenters. The predicted molar refractivity (Wildman–Crippen MR) is 102 cm³/mol. The van der Waals surface area contributed by atoms with Gasteiger partial charge in [0.05, 0.1) is 19.6 Å². The number of carbonyl (C=O) groups excluding carboxylic acids is 1. The maximum absolute atomic E-state index is 12.8. The molecule has 0 N–H and O–H groups in total. The van der Waals surface area contributed by atoms with Crippen molar-refractivity contribution in [2.45, 2.75) is 38.3 Å². The van der Waals surface area contributed by atoms with E-state index in [-0.39, 0.29) is 5.91 Å². The van der Waals surface area contributed by atoms with Crippen molar-refractivity contribution in [2.75, 3.05) is 33.8 Å². The first-order valence-corrected chi connectivity index (χ1v) is 9.68. The molecule has 0 radical (unpaired) electrons. The summed E-state index contributed by atoms with van der Waals surface area (Å²) in [6.07, 6.45) is 3.52. The Morgan fingerprint density at radius 1 is 1.15 bits per heavy atom. The molecule has 1 aromatic carbocycles. The topological polar surface area (TPSA) is 63.5 Å². The average molecular weight is 369 g/mol. The molecule has 0 unspecified atom stereocenters. The summed E-state index contributed by atoms with van der Waals surface area (Å²) < 4.78 is 7.42. The van der Waals surface area contributed by atoms with Crippen LogP contribution in [-0.4, -0.2) is 64.3 Å². The molecule has 2 aromatic rings. The Morgan fingerprint density at radius 3 is 2.67 bits per heavy atom. The van der Waals surface area contributed by atoms with E-state index < -0.39 is 0 Å². The van der Waals surface area contributed by atoms with Crippen LogP contribution in [0.1, 0.15) is 36.1 Å². The standard InChI is InChI=1S/C20H27N5O2/c1-23-10-3-4-17(23)20-22-21-18-9-11-24(12-13-25(18)20)19(26)14-15-5-7-16(27-2)8-6-15/h5-8,17H,3-4,9-14H2,1-2H3/t17-/m1/s1. The van der Waals surface area contributed by atoms with Crippen LogP contribution in [0.3, 0.4) is 0 Å². The monoisotopic (exact) mass is 369 g/mol. The van der Waals surface area contributed by atoms with Gasteiger partial charge in [-0.1, -0.05) is 12.1 Å². The van der Waals surface area contributed by atoms with Crippen LogP contribution in [-0.2, 0) is 24.2 Å². The fraction of sp³-hybridized carbons (Fsp3) is 0.550. The van der Waals surface area contributed by atoms with E-state index in [1.165, 1.54) is 6.42 Å². The molecule has 1 fully saturated rings. The Morgan fingerprint density at radius 2 is 1.96 bits per heavy atom. The Labute approximate surface area is 159 Å². The van der Waals surface area contributed by atoms with Gasteiger partial charge in [-0.05, 0) is 44.1 Å². The smallest absolute Gasteiger partial charge is 0.227 e. The van der Waals surface area contributed by atoms with Crippen LogP contribution in [0.15, 0.2) is 24.3 Å². The van der Waals surface area contributed by atoms with Gasteiger partial charge >= 0.3 is 0 Å². The van der Waals surface area contributed by atoms with Crippen molar-refractivity contribution >= 4 is 5.91 Å². The van der Waals surface area contributed by atoms with Gasteiger partial charge < -0.3 is 14.2 Å². The van der Waals surface area contributed by atoms with Crippen LogP contribution in [0.5, 0.6) is 5.75 Å². The summed E-state index contributed by atoms with van der Waals surface area (Å²) in [5.74, 6) is 3.04. The lowest BCUT2D eigenvalue weighted by molar-refractivity contribution is -0.130. The molecule has 0 aliphatic carbocycles. The van der Waals surface area contributed by atoms with Crippen LogP contribution >= 0.6 is 0 Å². The number of fused-ring (bicyclic) bond motifs is 1. The summed E-state index contributed by atoms with van der Waals surface area (Å²) in [7, 11) is 3.80. The summed E-state index contributed by atoms with van der Waals surface area (Å²) in [5.41, 5.74) is 1.01. The maximum atomic E-state index is 12.8. The van der Waals surface area contributed by atoms with Crippen molar-refractivity contribution in [2.24, 2.45) is 0 Å². The lowest BCUT2D eigenvalue weighted by Gasteiger charge is -2.22. The lowest BCUT2D eigenvalue weighted by Crippen LogP contribution is -2.35. The molecule has 1 saturated heterocycles. The number of ether oxygens (including phenoxy) is 1. The van der Waals surface area contributed by atoms with E-state index in [0.29, 0.717) is 25.6 Å². The maximum Gasteiger partial charge on any atom is 0.227 e. The molecular formula is C20H27N5O2. The van der Waals surface area contributed by atoms with Crippen molar-refractivity contribution in [3.05, 3.63) is 41.5 Å². The van der Waals surface area contributed by atoms with Crippen LogP contribution in [0, 0.1) is 0 Å². The highest BCUT2D eigenvalue weighted by Crippen LogP contribution is 2.30. The summed E-state index contributed by atoms with van der Waals surface area (Å²) in [6.45, 7) is 3.30. The van der Waals surface area contributed by atoms with Gasteiger partial charge in [-0.3, -0.25) is 9.69 Å². The van der Waals surface area contributed by atoms with Crippen LogP contribution in [0.4, 0.5) is 0 Å². The molecule has 144 valence electrons. The van der Waals surface area contributed by atoms with Gasteiger partial charge in [-0.25, -0.2) is 0 Å². The molecule has 1 amide bonds. The summed E-state index contributed by atoms with van der Waals surface area (Å²) in [5, 5.41) is 8.91. The fourth-order valence-electron chi connectivity index (χ4n) is 4.11. The molecule has 4 rings (SSSR count). The van der Waals surface area contributed by atoms with Gasteiger partial charge in [0.15, 0.2) is 0 Å². The zero-order valence-corrected chi connectivity index (χ0v) is 16.1. The number of benzene rings is 1. The van der Waals surface area contributed by atoms with Gasteiger partial charge in [0.1, 0.15) is 17.4 Å². The molecule has 2 aliphatic rings. The zero-order valence-electron chi connectivity index (χ0n) is 16.1. The molecule has 0 saturated carbocycles. The van der Waals surface area contributed by atoms with Gasteiger partial charge in [0, 0.05) is 26.1 Å². The largest absolute Gasteiger partial charge is 0.497 e. The Kier molecular flexibility index (Phi) is 5.11. The molecule has 3 heterocycles. The molecule has 7 heteroatoms. The van der Waals surface area contributed by atoms with E-state index >= 15 is 0 Å². The van der Waals surface area contributed by atoms with Crippen molar-refractivity contribution in [1.29, 1.82) is 0 Å². The third-order valence-electron chi connectivity index (χ3n) is 5.74. The van der Waals surface area contributed by atoms with E-state index in [4.69, 9.17) is 4.74 Å². The van der Waals surface area contributed by atoms with Gasteiger partial charge in [0.25, 0.3) is 0 Å². The van der Waals surface area contributed by atoms with E-state index in [1.54, 1.807) is 7.11 Å². The average Bonchev–Trinajstić information content (AvgIpc) is 3.21. The zero-order chi connectivity index (χ0) is 18.8. The molecule has 2 aliphatic heterocycles. The van der Waals surface area contributed by atoms with E-state index in [1.807, 2.05) is 29.2 Å². The van der Waals surface area contributed by atoms with E-state index in [0.717, 1.165) is 48.9 Å². The Hall–Kier alpha value is -2.41. The van der Waals surface area contributed by atoms with Crippen molar-refractivity contribution in [1.82, 2.24) is 24.6 Å². The molecular weight excluding hydrogens is 342 g/mol. The van der Waals surface area contributed by atoms with Gasteiger partial charge in [-0.2, -0.15) is 0 Å². The highest BCUT2D eigenvalue weighted by Gasteiger charge is 2.30. The first kappa shape index (κ1) is 18.0. The minimum absolute atomic E-state index is 0.165.